The molecule has 38 heavy (non-hydrogen) atoms. The summed E-state index contributed by atoms with van der Waals surface area (Å²) in [6.07, 6.45) is 1.35. The SMILES string of the molecule is CCc1nc(N)nc(NOCCONc2nc(N)nc(CC)c2-c2ccc(Cl)cc2)c1-c1ccc(C)cc1. The first-order chi connectivity index (χ1) is 18.4. The molecule has 0 radical (unpaired) electrons. The highest BCUT2D eigenvalue weighted by atomic mass is 35.5. The van der Waals surface area contributed by atoms with Gasteiger partial charge in [0.25, 0.3) is 0 Å². The highest BCUT2D eigenvalue weighted by Crippen LogP contribution is 2.32. The molecule has 6 N–H and O–H groups in total. The van der Waals surface area contributed by atoms with E-state index in [1.807, 2.05) is 69.3 Å². The van der Waals surface area contributed by atoms with Crippen molar-refractivity contribution in [3.05, 3.63) is 70.5 Å². The molecule has 0 aliphatic heterocycles. The maximum atomic E-state index is 6.06. The largest absolute Gasteiger partial charge is 0.368 e. The van der Waals surface area contributed by atoms with Crippen molar-refractivity contribution < 1.29 is 9.68 Å². The summed E-state index contributed by atoms with van der Waals surface area (Å²) in [7, 11) is 0. The third-order valence-electron chi connectivity index (χ3n) is 5.77. The lowest BCUT2D eigenvalue weighted by Crippen LogP contribution is -2.16. The van der Waals surface area contributed by atoms with Crippen LogP contribution >= 0.6 is 11.6 Å². The van der Waals surface area contributed by atoms with Crippen LogP contribution in [0.5, 0.6) is 0 Å². The van der Waals surface area contributed by atoms with Gasteiger partial charge in [-0.3, -0.25) is 9.68 Å². The van der Waals surface area contributed by atoms with Crippen molar-refractivity contribution in [3.63, 3.8) is 0 Å². The van der Waals surface area contributed by atoms with Gasteiger partial charge in [0.1, 0.15) is 13.2 Å². The molecule has 10 nitrogen and oxygen atoms in total. The number of aryl methyl sites for hydroxylation is 3. The summed E-state index contributed by atoms with van der Waals surface area (Å²) in [5.41, 5.74) is 24.0. The molecule has 2 aromatic heterocycles. The van der Waals surface area contributed by atoms with Crippen molar-refractivity contribution in [3.8, 4) is 22.3 Å². The number of nitrogens with two attached hydrogens (primary N) is 2. The Morgan fingerprint density at radius 1 is 0.684 bits per heavy atom. The first-order valence-electron chi connectivity index (χ1n) is 12.3. The summed E-state index contributed by atoms with van der Waals surface area (Å²) in [5, 5.41) is 0.639. The minimum absolute atomic E-state index is 0.153. The third kappa shape index (κ3) is 6.46. The van der Waals surface area contributed by atoms with Gasteiger partial charge in [-0.25, -0.2) is 20.9 Å². The minimum Gasteiger partial charge on any atom is -0.368 e. The van der Waals surface area contributed by atoms with Crippen molar-refractivity contribution in [2.75, 3.05) is 35.6 Å². The van der Waals surface area contributed by atoms with Gasteiger partial charge in [0.2, 0.25) is 11.9 Å². The predicted molar refractivity (Wildman–Crippen MR) is 151 cm³/mol. The minimum atomic E-state index is 0.153. The Morgan fingerprint density at radius 2 is 1.11 bits per heavy atom. The Hall–Kier alpha value is -3.99. The van der Waals surface area contributed by atoms with Gasteiger partial charge in [-0.05, 0) is 43.0 Å². The molecule has 0 atom stereocenters. The van der Waals surface area contributed by atoms with E-state index in [9.17, 15) is 0 Å². The van der Waals surface area contributed by atoms with E-state index >= 15 is 0 Å². The Balaban J connectivity index is 1.42. The van der Waals surface area contributed by atoms with Crippen LogP contribution in [0, 0.1) is 6.92 Å². The van der Waals surface area contributed by atoms with Crippen LogP contribution in [-0.4, -0.2) is 33.1 Å². The summed E-state index contributed by atoms with van der Waals surface area (Å²) in [4.78, 5) is 28.8. The van der Waals surface area contributed by atoms with Crippen molar-refractivity contribution in [1.29, 1.82) is 0 Å². The molecule has 4 rings (SSSR count). The van der Waals surface area contributed by atoms with Gasteiger partial charge in [-0.15, -0.1) is 0 Å². The molecule has 198 valence electrons. The molecule has 2 aromatic carbocycles. The summed E-state index contributed by atoms with van der Waals surface area (Å²) in [6.45, 7) is 6.45. The third-order valence-corrected chi connectivity index (χ3v) is 6.02. The van der Waals surface area contributed by atoms with Crippen molar-refractivity contribution in [2.24, 2.45) is 0 Å². The van der Waals surface area contributed by atoms with E-state index in [0.29, 0.717) is 29.5 Å². The molecule has 0 saturated heterocycles. The van der Waals surface area contributed by atoms with Crippen LogP contribution in [0.25, 0.3) is 22.3 Å². The van der Waals surface area contributed by atoms with E-state index in [-0.39, 0.29) is 25.1 Å². The van der Waals surface area contributed by atoms with E-state index in [1.54, 1.807) is 0 Å². The number of anilines is 4. The van der Waals surface area contributed by atoms with Gasteiger partial charge < -0.3 is 11.5 Å². The highest BCUT2D eigenvalue weighted by molar-refractivity contribution is 6.30. The fourth-order valence-electron chi connectivity index (χ4n) is 3.98. The molecular formula is C27H31ClN8O2. The fraction of sp³-hybridized carbons (Fsp3) is 0.259. The van der Waals surface area contributed by atoms with E-state index < -0.39 is 0 Å². The molecule has 0 spiro atoms. The second-order valence-electron chi connectivity index (χ2n) is 8.49. The van der Waals surface area contributed by atoms with Crippen molar-refractivity contribution >= 4 is 35.1 Å². The molecule has 0 aliphatic rings. The number of halogens is 1. The standard InChI is InChI=1S/C27H31ClN8O2/c1-4-20-22(17-8-6-16(3)7-9-17)24(33-26(29)31-20)35-37-14-15-38-36-25-23(18-10-12-19(28)13-11-18)21(5-2)32-27(30)34-25/h6-13H,4-5,14-15H2,1-3H3,(H3,29,31,33,35)(H3,30,32,34,36). The topological polar surface area (TPSA) is 146 Å². The average Bonchev–Trinajstić information content (AvgIpc) is 2.91. The number of benzene rings is 2. The van der Waals surface area contributed by atoms with E-state index in [4.69, 9.17) is 32.7 Å². The van der Waals surface area contributed by atoms with Gasteiger partial charge in [0, 0.05) is 16.1 Å². The van der Waals surface area contributed by atoms with E-state index in [0.717, 1.165) is 39.2 Å². The van der Waals surface area contributed by atoms with Crippen molar-refractivity contribution in [1.82, 2.24) is 19.9 Å². The molecular weight excluding hydrogens is 504 g/mol. The zero-order valence-corrected chi connectivity index (χ0v) is 22.3. The van der Waals surface area contributed by atoms with Crippen LogP contribution in [0.3, 0.4) is 0 Å². The lowest BCUT2D eigenvalue weighted by Gasteiger charge is -2.16. The molecule has 11 heteroatoms. The maximum Gasteiger partial charge on any atom is 0.222 e. The van der Waals surface area contributed by atoms with Gasteiger partial charge in [0.05, 0.1) is 11.4 Å². The molecule has 0 aliphatic carbocycles. The fourth-order valence-corrected chi connectivity index (χ4v) is 4.10. The Kier molecular flexibility index (Phi) is 8.90. The number of nitrogens with one attached hydrogen (secondary N) is 2. The van der Waals surface area contributed by atoms with E-state index in [1.165, 1.54) is 0 Å². The molecule has 0 amide bonds. The zero-order chi connectivity index (χ0) is 27.1. The first-order valence-corrected chi connectivity index (χ1v) is 12.7. The van der Waals surface area contributed by atoms with Gasteiger partial charge >= 0.3 is 0 Å². The lowest BCUT2D eigenvalue weighted by molar-refractivity contribution is 0.0982. The number of aromatic nitrogens is 4. The van der Waals surface area contributed by atoms with Crippen molar-refractivity contribution in [2.45, 2.75) is 33.6 Å². The smallest absolute Gasteiger partial charge is 0.222 e. The number of hydrogen-bond acceptors (Lipinski definition) is 10. The van der Waals surface area contributed by atoms with Crippen LogP contribution in [-0.2, 0) is 22.5 Å². The zero-order valence-electron chi connectivity index (χ0n) is 21.6. The Bertz CT molecular complexity index is 1270. The summed E-state index contributed by atoms with van der Waals surface area (Å²) >= 11 is 6.06. The van der Waals surface area contributed by atoms with Crippen LogP contribution in [0.1, 0.15) is 30.8 Å². The molecule has 0 fully saturated rings. The predicted octanol–water partition coefficient (Wildman–Crippen LogP) is 5.24. The van der Waals surface area contributed by atoms with Gasteiger partial charge in [0.15, 0.2) is 11.6 Å². The second kappa shape index (κ2) is 12.5. The quantitative estimate of drug-likeness (QED) is 0.149. The molecule has 0 bridgehead atoms. The maximum absolute atomic E-state index is 6.06. The number of nitrogen functional groups attached to an aromatic ring is 2. The van der Waals surface area contributed by atoms with Crippen LogP contribution in [0.2, 0.25) is 5.02 Å². The lowest BCUT2D eigenvalue weighted by atomic mass is 10.0. The van der Waals surface area contributed by atoms with Crippen LogP contribution in [0.4, 0.5) is 23.5 Å². The molecule has 0 unspecified atom stereocenters. The monoisotopic (exact) mass is 534 g/mol. The summed E-state index contributed by atoms with van der Waals surface area (Å²) in [5.74, 6) is 1.28. The van der Waals surface area contributed by atoms with Gasteiger partial charge in [-0.2, -0.15) is 9.97 Å². The average molecular weight is 535 g/mol. The number of nitrogens with zero attached hydrogens (tertiary/aromatic N) is 4. The molecule has 2 heterocycles. The summed E-state index contributed by atoms with van der Waals surface area (Å²) < 4.78 is 0. The highest BCUT2D eigenvalue weighted by Gasteiger charge is 2.16. The Labute approximate surface area is 226 Å². The Morgan fingerprint density at radius 3 is 1.53 bits per heavy atom. The summed E-state index contributed by atoms with van der Waals surface area (Å²) in [6, 6.07) is 15.6. The molecule has 0 saturated carbocycles. The van der Waals surface area contributed by atoms with E-state index in [2.05, 4.69) is 30.9 Å². The normalized spacial score (nSPS) is 10.9. The van der Waals surface area contributed by atoms with Crippen LogP contribution < -0.4 is 22.4 Å². The number of rotatable bonds is 11. The van der Waals surface area contributed by atoms with Gasteiger partial charge in [-0.1, -0.05) is 67.4 Å². The molecule has 4 aromatic rings. The second-order valence-corrected chi connectivity index (χ2v) is 8.92. The first kappa shape index (κ1) is 27.1. The van der Waals surface area contributed by atoms with Crippen LogP contribution in [0.15, 0.2) is 48.5 Å². The number of hydrogen-bond donors (Lipinski definition) is 4.